The van der Waals surface area contributed by atoms with Crippen molar-refractivity contribution < 1.29 is 14.4 Å². The normalized spacial score (nSPS) is 10.8. The Labute approximate surface area is 107 Å². The molecule has 18 heavy (non-hydrogen) atoms. The van der Waals surface area contributed by atoms with Crippen molar-refractivity contribution in [2.24, 2.45) is 0 Å². The molecule has 0 spiro atoms. The van der Waals surface area contributed by atoms with E-state index in [0.717, 1.165) is 17.3 Å². The van der Waals surface area contributed by atoms with Gasteiger partial charge in [-0.05, 0) is 13.8 Å². The van der Waals surface area contributed by atoms with E-state index in [4.69, 9.17) is 9.63 Å². The summed E-state index contributed by atoms with van der Waals surface area (Å²) in [6.45, 7) is 4.39. The van der Waals surface area contributed by atoms with Gasteiger partial charge in [0.15, 0.2) is 11.0 Å². The van der Waals surface area contributed by atoms with E-state index in [1.165, 1.54) is 0 Å². The first kappa shape index (κ1) is 12.6. The molecule has 0 atom stereocenters. The number of rotatable bonds is 5. The fraction of sp³-hybridized carbons (Fsp3) is 0.400. The molecule has 2 rings (SSSR count). The van der Waals surface area contributed by atoms with E-state index in [2.05, 4.69) is 15.4 Å². The highest BCUT2D eigenvalue weighted by Gasteiger charge is 2.17. The number of nitrogens with zero attached hydrogens (tertiary/aromatic N) is 4. The minimum absolute atomic E-state index is 0.0409. The van der Waals surface area contributed by atoms with E-state index in [1.807, 2.05) is 11.5 Å². The number of hydrogen-bond donors (Lipinski definition) is 1. The van der Waals surface area contributed by atoms with Gasteiger partial charge in [-0.2, -0.15) is 0 Å². The molecule has 0 aromatic carbocycles. The SMILES string of the molecule is CCn1c(SCC(=O)O)nnc1-c1cnoc1C. The molecule has 0 bridgehead atoms. The van der Waals surface area contributed by atoms with Gasteiger partial charge in [0.05, 0.1) is 17.5 Å². The predicted octanol–water partition coefficient (Wildman–Crippen LogP) is 1.44. The van der Waals surface area contributed by atoms with E-state index >= 15 is 0 Å². The van der Waals surface area contributed by atoms with Crippen LogP contribution < -0.4 is 0 Å². The number of carboxylic acid groups (broad SMARTS) is 1. The summed E-state index contributed by atoms with van der Waals surface area (Å²) in [6, 6.07) is 0. The molecule has 0 fully saturated rings. The van der Waals surface area contributed by atoms with Gasteiger partial charge in [-0.1, -0.05) is 16.9 Å². The molecule has 96 valence electrons. The van der Waals surface area contributed by atoms with Gasteiger partial charge in [0.1, 0.15) is 5.76 Å². The monoisotopic (exact) mass is 268 g/mol. The summed E-state index contributed by atoms with van der Waals surface area (Å²) in [5.74, 6) is 0.380. The minimum Gasteiger partial charge on any atom is -0.481 e. The van der Waals surface area contributed by atoms with Crippen LogP contribution in [0.15, 0.2) is 15.9 Å². The van der Waals surface area contributed by atoms with Crippen molar-refractivity contribution >= 4 is 17.7 Å². The highest BCUT2D eigenvalue weighted by Crippen LogP contribution is 2.25. The van der Waals surface area contributed by atoms with Gasteiger partial charge in [0, 0.05) is 6.54 Å². The Morgan fingerprint density at radius 3 is 2.89 bits per heavy atom. The van der Waals surface area contributed by atoms with Crippen molar-refractivity contribution in [1.82, 2.24) is 19.9 Å². The van der Waals surface area contributed by atoms with Gasteiger partial charge >= 0.3 is 5.97 Å². The summed E-state index contributed by atoms with van der Waals surface area (Å²) < 4.78 is 6.83. The lowest BCUT2D eigenvalue weighted by atomic mass is 10.2. The third kappa shape index (κ3) is 2.37. The van der Waals surface area contributed by atoms with Crippen LogP contribution in [0.25, 0.3) is 11.4 Å². The van der Waals surface area contributed by atoms with Crippen molar-refractivity contribution in [2.45, 2.75) is 25.5 Å². The summed E-state index contributed by atoms with van der Waals surface area (Å²) in [5, 5.41) is 21.0. The quantitative estimate of drug-likeness (QED) is 0.820. The Hall–Kier alpha value is -1.83. The predicted molar refractivity (Wildman–Crippen MR) is 64.3 cm³/mol. The average molecular weight is 268 g/mol. The smallest absolute Gasteiger partial charge is 0.313 e. The molecular formula is C10H12N4O3S. The lowest BCUT2D eigenvalue weighted by Gasteiger charge is -2.04. The Kier molecular flexibility index (Phi) is 3.66. The standard InChI is InChI=1S/C10H12N4O3S/c1-3-14-9(7-4-11-17-6(7)2)12-13-10(14)18-5-8(15)16/h4H,3,5H2,1-2H3,(H,15,16). The van der Waals surface area contributed by atoms with Gasteiger partial charge in [-0.3, -0.25) is 4.79 Å². The molecule has 8 heteroatoms. The summed E-state index contributed by atoms with van der Waals surface area (Å²) >= 11 is 1.14. The summed E-state index contributed by atoms with van der Waals surface area (Å²) in [7, 11) is 0. The molecule has 2 aromatic rings. The highest BCUT2D eigenvalue weighted by molar-refractivity contribution is 7.99. The number of aliphatic carboxylic acids is 1. The Balaban J connectivity index is 2.33. The second-order valence-electron chi connectivity index (χ2n) is 3.53. The van der Waals surface area contributed by atoms with Crippen molar-refractivity contribution in [3.05, 3.63) is 12.0 Å². The molecule has 2 heterocycles. The van der Waals surface area contributed by atoms with E-state index in [-0.39, 0.29) is 5.75 Å². The maximum atomic E-state index is 10.6. The van der Waals surface area contributed by atoms with Gasteiger partial charge in [-0.25, -0.2) is 0 Å². The zero-order valence-corrected chi connectivity index (χ0v) is 10.8. The number of carbonyl (C=O) groups is 1. The molecule has 0 unspecified atom stereocenters. The van der Waals surface area contributed by atoms with Crippen LogP contribution in [0, 0.1) is 6.92 Å². The maximum absolute atomic E-state index is 10.6. The van der Waals surface area contributed by atoms with Crippen LogP contribution in [-0.2, 0) is 11.3 Å². The van der Waals surface area contributed by atoms with E-state index in [9.17, 15) is 4.79 Å². The van der Waals surface area contributed by atoms with Crippen LogP contribution in [0.3, 0.4) is 0 Å². The molecule has 2 aromatic heterocycles. The van der Waals surface area contributed by atoms with Crippen molar-refractivity contribution in [1.29, 1.82) is 0 Å². The molecule has 0 aliphatic heterocycles. The summed E-state index contributed by atoms with van der Waals surface area (Å²) in [6.07, 6.45) is 1.58. The van der Waals surface area contributed by atoms with Crippen LogP contribution in [0.4, 0.5) is 0 Å². The molecule has 0 amide bonds. The number of aromatic nitrogens is 4. The first-order valence-electron chi connectivity index (χ1n) is 5.33. The largest absolute Gasteiger partial charge is 0.481 e. The Bertz CT molecular complexity index is 563. The van der Waals surface area contributed by atoms with Crippen LogP contribution >= 0.6 is 11.8 Å². The zero-order valence-electron chi connectivity index (χ0n) is 9.95. The zero-order chi connectivity index (χ0) is 13.1. The molecule has 0 aliphatic carbocycles. The fourth-order valence-corrected chi connectivity index (χ4v) is 2.24. The van der Waals surface area contributed by atoms with E-state index < -0.39 is 5.97 Å². The Morgan fingerprint density at radius 2 is 2.33 bits per heavy atom. The number of thioether (sulfide) groups is 1. The lowest BCUT2D eigenvalue weighted by Crippen LogP contribution is -2.03. The minimum atomic E-state index is -0.881. The molecule has 0 saturated heterocycles. The van der Waals surface area contributed by atoms with Crippen LogP contribution in [0.2, 0.25) is 0 Å². The van der Waals surface area contributed by atoms with Crippen molar-refractivity contribution in [3.8, 4) is 11.4 Å². The maximum Gasteiger partial charge on any atom is 0.313 e. The average Bonchev–Trinajstić information content (AvgIpc) is 2.91. The topological polar surface area (TPSA) is 94.0 Å². The third-order valence-electron chi connectivity index (χ3n) is 2.35. The van der Waals surface area contributed by atoms with Gasteiger partial charge < -0.3 is 14.2 Å². The fourth-order valence-electron chi connectivity index (χ4n) is 1.52. The van der Waals surface area contributed by atoms with E-state index in [0.29, 0.717) is 23.3 Å². The molecule has 0 radical (unpaired) electrons. The first-order valence-corrected chi connectivity index (χ1v) is 6.31. The van der Waals surface area contributed by atoms with Crippen LogP contribution in [-0.4, -0.2) is 36.7 Å². The van der Waals surface area contributed by atoms with Crippen LogP contribution in [0.1, 0.15) is 12.7 Å². The van der Waals surface area contributed by atoms with Gasteiger partial charge in [0.2, 0.25) is 0 Å². The molecule has 1 N–H and O–H groups in total. The highest BCUT2D eigenvalue weighted by atomic mass is 32.2. The molecular weight excluding hydrogens is 256 g/mol. The summed E-state index contributed by atoms with van der Waals surface area (Å²) in [5.41, 5.74) is 0.770. The molecule has 0 aliphatic rings. The molecule has 7 nitrogen and oxygen atoms in total. The number of aryl methyl sites for hydroxylation is 1. The first-order chi connectivity index (χ1) is 8.63. The third-order valence-corrected chi connectivity index (χ3v) is 3.30. The second kappa shape index (κ2) is 5.21. The van der Waals surface area contributed by atoms with Crippen molar-refractivity contribution in [2.75, 3.05) is 5.75 Å². The van der Waals surface area contributed by atoms with E-state index in [1.54, 1.807) is 13.1 Å². The van der Waals surface area contributed by atoms with Gasteiger partial charge in [-0.15, -0.1) is 10.2 Å². The number of hydrogen-bond acceptors (Lipinski definition) is 6. The molecule has 0 saturated carbocycles. The number of carboxylic acids is 1. The summed E-state index contributed by atoms with van der Waals surface area (Å²) in [4.78, 5) is 10.6. The van der Waals surface area contributed by atoms with Crippen molar-refractivity contribution in [3.63, 3.8) is 0 Å². The lowest BCUT2D eigenvalue weighted by molar-refractivity contribution is -0.133. The Morgan fingerprint density at radius 1 is 1.56 bits per heavy atom. The van der Waals surface area contributed by atoms with Crippen LogP contribution in [0.5, 0.6) is 0 Å². The second-order valence-corrected chi connectivity index (χ2v) is 4.47. The van der Waals surface area contributed by atoms with Gasteiger partial charge in [0.25, 0.3) is 0 Å².